The third-order valence-electron chi connectivity index (χ3n) is 4.65. The number of rotatable bonds is 9. The highest BCUT2D eigenvalue weighted by Gasteiger charge is 2.02. The maximum atomic E-state index is 5.85. The second kappa shape index (κ2) is 11.6. The van der Waals surface area contributed by atoms with E-state index in [-0.39, 0.29) is 0 Å². The molecular weight excluding hydrogens is 374 g/mol. The van der Waals surface area contributed by atoms with Crippen molar-refractivity contribution in [2.75, 3.05) is 14.2 Å². The number of hydrogen-bond donors (Lipinski definition) is 2. The maximum absolute atomic E-state index is 5.85. The zero-order chi connectivity index (χ0) is 21.0. The lowest BCUT2D eigenvalue weighted by Crippen LogP contribution is -2.36. The molecule has 0 aliphatic carbocycles. The second-order valence-electron chi connectivity index (χ2n) is 6.93. The van der Waals surface area contributed by atoms with Gasteiger partial charge in [0.25, 0.3) is 0 Å². The van der Waals surface area contributed by atoms with Crippen molar-refractivity contribution in [1.29, 1.82) is 0 Å². The van der Waals surface area contributed by atoms with Gasteiger partial charge in [-0.2, -0.15) is 0 Å². The minimum atomic E-state index is 0.589. The van der Waals surface area contributed by atoms with Gasteiger partial charge in [-0.05, 0) is 34.4 Å². The molecule has 0 radical (unpaired) electrons. The molecule has 0 fully saturated rings. The Bertz CT molecular complexity index is 942. The molecule has 0 saturated heterocycles. The topological polar surface area (TPSA) is 54.9 Å². The van der Waals surface area contributed by atoms with E-state index in [2.05, 4.69) is 58.1 Å². The quantitative estimate of drug-likeness (QED) is 0.414. The van der Waals surface area contributed by atoms with Crippen molar-refractivity contribution >= 4 is 5.96 Å². The standard InChI is InChI=1S/C25H29N3O2/c1-26-25(28-17-22-11-7-13-24(15-22)29-2)27-16-21-10-6-12-23(14-21)19-30-18-20-8-4-3-5-9-20/h3-15H,16-19H2,1-2H3,(H2,26,27,28). The fraction of sp³-hybridized carbons (Fsp3) is 0.240. The molecule has 0 spiro atoms. The van der Waals surface area contributed by atoms with E-state index in [0.717, 1.165) is 22.8 Å². The number of benzene rings is 3. The Morgan fingerprint density at radius 2 is 1.33 bits per heavy atom. The highest BCUT2D eigenvalue weighted by molar-refractivity contribution is 5.79. The van der Waals surface area contributed by atoms with Crippen LogP contribution in [-0.2, 0) is 31.0 Å². The fourth-order valence-electron chi connectivity index (χ4n) is 3.06. The Morgan fingerprint density at radius 3 is 2.03 bits per heavy atom. The number of methoxy groups -OCH3 is 1. The lowest BCUT2D eigenvalue weighted by molar-refractivity contribution is 0.107. The van der Waals surface area contributed by atoms with E-state index in [1.165, 1.54) is 11.1 Å². The van der Waals surface area contributed by atoms with Crippen molar-refractivity contribution in [1.82, 2.24) is 10.6 Å². The summed E-state index contributed by atoms with van der Waals surface area (Å²) in [5, 5.41) is 6.69. The summed E-state index contributed by atoms with van der Waals surface area (Å²) in [4.78, 5) is 4.30. The minimum absolute atomic E-state index is 0.589. The molecule has 0 aliphatic rings. The van der Waals surface area contributed by atoms with E-state index >= 15 is 0 Å². The number of ether oxygens (including phenoxy) is 2. The van der Waals surface area contributed by atoms with Gasteiger partial charge in [-0.3, -0.25) is 4.99 Å². The van der Waals surface area contributed by atoms with Crippen LogP contribution in [0.25, 0.3) is 0 Å². The van der Waals surface area contributed by atoms with Crippen LogP contribution in [0, 0.1) is 0 Å². The van der Waals surface area contributed by atoms with Gasteiger partial charge in [0.15, 0.2) is 5.96 Å². The first-order valence-corrected chi connectivity index (χ1v) is 10.0. The summed E-state index contributed by atoms with van der Waals surface area (Å²) < 4.78 is 11.1. The van der Waals surface area contributed by atoms with Crippen LogP contribution in [0.4, 0.5) is 0 Å². The van der Waals surface area contributed by atoms with Gasteiger partial charge in [0.2, 0.25) is 0 Å². The van der Waals surface area contributed by atoms with Crippen LogP contribution in [-0.4, -0.2) is 20.1 Å². The maximum Gasteiger partial charge on any atom is 0.191 e. The molecule has 5 nitrogen and oxygen atoms in total. The first-order chi connectivity index (χ1) is 14.8. The average molecular weight is 404 g/mol. The van der Waals surface area contributed by atoms with E-state index in [1.807, 2.05) is 36.4 Å². The number of nitrogens with zero attached hydrogens (tertiary/aromatic N) is 1. The van der Waals surface area contributed by atoms with Crippen LogP contribution < -0.4 is 15.4 Å². The van der Waals surface area contributed by atoms with Gasteiger partial charge < -0.3 is 20.1 Å². The van der Waals surface area contributed by atoms with Gasteiger partial charge in [0, 0.05) is 20.1 Å². The normalized spacial score (nSPS) is 11.2. The zero-order valence-corrected chi connectivity index (χ0v) is 17.6. The number of hydrogen-bond acceptors (Lipinski definition) is 3. The molecule has 0 aliphatic heterocycles. The van der Waals surface area contributed by atoms with Gasteiger partial charge in [0.1, 0.15) is 5.75 Å². The van der Waals surface area contributed by atoms with Crippen LogP contribution in [0.5, 0.6) is 5.75 Å². The molecule has 0 amide bonds. The molecule has 0 aromatic heterocycles. The van der Waals surface area contributed by atoms with Crippen LogP contribution in [0.15, 0.2) is 83.9 Å². The summed E-state index contributed by atoms with van der Waals surface area (Å²) >= 11 is 0. The molecule has 3 aromatic rings. The van der Waals surface area contributed by atoms with Crippen LogP contribution in [0.3, 0.4) is 0 Å². The Labute approximate surface area is 178 Å². The fourth-order valence-corrected chi connectivity index (χ4v) is 3.06. The molecule has 0 unspecified atom stereocenters. The third kappa shape index (κ3) is 6.94. The first-order valence-electron chi connectivity index (χ1n) is 10.0. The molecule has 2 N–H and O–H groups in total. The Morgan fingerprint density at radius 1 is 0.733 bits per heavy atom. The summed E-state index contributed by atoms with van der Waals surface area (Å²) in [6, 6.07) is 26.6. The van der Waals surface area contributed by atoms with Crippen LogP contribution in [0.1, 0.15) is 22.3 Å². The Balaban J connectivity index is 1.46. The largest absolute Gasteiger partial charge is 0.497 e. The number of guanidine groups is 1. The van der Waals surface area contributed by atoms with Crippen molar-refractivity contribution in [3.8, 4) is 5.75 Å². The molecule has 0 bridgehead atoms. The van der Waals surface area contributed by atoms with Crippen molar-refractivity contribution in [2.45, 2.75) is 26.3 Å². The molecule has 0 heterocycles. The van der Waals surface area contributed by atoms with E-state index < -0.39 is 0 Å². The van der Waals surface area contributed by atoms with E-state index in [4.69, 9.17) is 9.47 Å². The molecule has 156 valence electrons. The molecule has 3 rings (SSSR count). The molecule has 0 saturated carbocycles. The van der Waals surface area contributed by atoms with Gasteiger partial charge in [-0.15, -0.1) is 0 Å². The molecule has 5 heteroatoms. The zero-order valence-electron chi connectivity index (χ0n) is 17.6. The van der Waals surface area contributed by atoms with Crippen LogP contribution >= 0.6 is 0 Å². The predicted octanol–water partition coefficient (Wildman–Crippen LogP) is 4.28. The van der Waals surface area contributed by atoms with Crippen molar-refractivity contribution < 1.29 is 9.47 Å². The molecular formula is C25H29N3O2. The minimum Gasteiger partial charge on any atom is -0.497 e. The first kappa shape index (κ1) is 21.4. The number of aliphatic imine (C=N–C) groups is 1. The van der Waals surface area contributed by atoms with E-state index in [9.17, 15) is 0 Å². The Kier molecular flexibility index (Phi) is 8.30. The lowest BCUT2D eigenvalue weighted by Gasteiger charge is -2.13. The summed E-state index contributed by atoms with van der Waals surface area (Å²) in [5.74, 6) is 1.60. The highest BCUT2D eigenvalue weighted by atomic mass is 16.5. The van der Waals surface area contributed by atoms with Gasteiger partial charge in [-0.1, -0.05) is 66.7 Å². The number of nitrogens with one attached hydrogen (secondary N) is 2. The highest BCUT2D eigenvalue weighted by Crippen LogP contribution is 2.12. The third-order valence-corrected chi connectivity index (χ3v) is 4.65. The summed E-state index contributed by atoms with van der Waals surface area (Å²) in [7, 11) is 3.45. The summed E-state index contributed by atoms with van der Waals surface area (Å²) in [6.07, 6.45) is 0. The second-order valence-corrected chi connectivity index (χ2v) is 6.93. The predicted molar refractivity (Wildman–Crippen MR) is 121 cm³/mol. The van der Waals surface area contributed by atoms with Gasteiger partial charge in [0.05, 0.1) is 20.3 Å². The SMILES string of the molecule is CN=C(NCc1cccc(COCc2ccccc2)c1)NCc1cccc(OC)c1. The Hall–Kier alpha value is -3.31. The lowest BCUT2D eigenvalue weighted by atomic mass is 10.1. The van der Waals surface area contributed by atoms with Gasteiger partial charge >= 0.3 is 0 Å². The van der Waals surface area contributed by atoms with E-state index in [0.29, 0.717) is 26.3 Å². The van der Waals surface area contributed by atoms with Crippen molar-refractivity contribution in [2.24, 2.45) is 4.99 Å². The molecule has 0 atom stereocenters. The smallest absolute Gasteiger partial charge is 0.191 e. The summed E-state index contributed by atoms with van der Waals surface area (Å²) in [6.45, 7) is 2.56. The van der Waals surface area contributed by atoms with Crippen LogP contribution in [0.2, 0.25) is 0 Å². The monoisotopic (exact) mass is 403 g/mol. The summed E-state index contributed by atoms with van der Waals surface area (Å²) in [5.41, 5.74) is 4.65. The van der Waals surface area contributed by atoms with Crippen molar-refractivity contribution in [3.05, 3.63) is 101 Å². The van der Waals surface area contributed by atoms with E-state index in [1.54, 1.807) is 14.2 Å². The van der Waals surface area contributed by atoms with Gasteiger partial charge in [-0.25, -0.2) is 0 Å². The average Bonchev–Trinajstić information content (AvgIpc) is 2.80. The van der Waals surface area contributed by atoms with Crippen molar-refractivity contribution in [3.63, 3.8) is 0 Å². The molecule has 30 heavy (non-hydrogen) atoms. The molecule has 3 aromatic carbocycles.